The van der Waals surface area contributed by atoms with Gasteiger partial charge in [-0.2, -0.15) is 0 Å². The maximum absolute atomic E-state index is 11.1. The number of hydrogen-bond donors (Lipinski definition) is 1. The van der Waals surface area contributed by atoms with Crippen LogP contribution in [0.2, 0.25) is 0 Å². The van der Waals surface area contributed by atoms with Gasteiger partial charge in [0.2, 0.25) is 5.91 Å². The SMILES string of the molecule is C=CC(=O)NCCN(CCCCCC)CCCCCC. The Morgan fingerprint density at radius 3 is 1.95 bits per heavy atom. The number of carbonyl (C=O) groups is 1. The fourth-order valence-corrected chi connectivity index (χ4v) is 2.27. The average Bonchev–Trinajstić information content (AvgIpc) is 2.47. The highest BCUT2D eigenvalue weighted by atomic mass is 16.1. The van der Waals surface area contributed by atoms with Crippen LogP contribution in [0.3, 0.4) is 0 Å². The normalized spacial score (nSPS) is 10.8. The van der Waals surface area contributed by atoms with Crippen molar-refractivity contribution in [3.63, 3.8) is 0 Å². The van der Waals surface area contributed by atoms with Crippen molar-refractivity contribution in [2.24, 2.45) is 0 Å². The molecule has 0 saturated carbocycles. The van der Waals surface area contributed by atoms with Crippen molar-refractivity contribution in [3.05, 3.63) is 12.7 Å². The largest absolute Gasteiger partial charge is 0.351 e. The summed E-state index contributed by atoms with van der Waals surface area (Å²) in [6.45, 7) is 12.0. The molecule has 0 fully saturated rings. The van der Waals surface area contributed by atoms with Crippen LogP contribution in [0, 0.1) is 0 Å². The fourth-order valence-electron chi connectivity index (χ4n) is 2.27. The van der Waals surface area contributed by atoms with Gasteiger partial charge in [0.15, 0.2) is 0 Å². The van der Waals surface area contributed by atoms with Gasteiger partial charge in [0.1, 0.15) is 0 Å². The molecule has 0 radical (unpaired) electrons. The lowest BCUT2D eigenvalue weighted by Crippen LogP contribution is -2.35. The van der Waals surface area contributed by atoms with Crippen LogP contribution in [-0.2, 0) is 4.79 Å². The van der Waals surface area contributed by atoms with Crippen LogP contribution in [0.4, 0.5) is 0 Å². The first-order valence-electron chi connectivity index (χ1n) is 8.37. The molecule has 3 heteroatoms. The number of amides is 1. The van der Waals surface area contributed by atoms with E-state index in [2.05, 4.69) is 30.6 Å². The summed E-state index contributed by atoms with van der Waals surface area (Å²) in [6.07, 6.45) is 11.8. The van der Waals surface area contributed by atoms with Gasteiger partial charge < -0.3 is 10.2 Å². The van der Waals surface area contributed by atoms with Crippen LogP contribution < -0.4 is 5.32 Å². The van der Waals surface area contributed by atoms with E-state index >= 15 is 0 Å². The molecule has 0 rings (SSSR count). The van der Waals surface area contributed by atoms with E-state index in [1.165, 1.54) is 57.4 Å². The molecule has 1 amide bonds. The fraction of sp³-hybridized carbons (Fsp3) is 0.824. The summed E-state index contributed by atoms with van der Waals surface area (Å²) < 4.78 is 0. The lowest BCUT2D eigenvalue weighted by molar-refractivity contribution is -0.116. The number of carbonyl (C=O) groups excluding carboxylic acids is 1. The Labute approximate surface area is 125 Å². The van der Waals surface area contributed by atoms with Crippen LogP contribution >= 0.6 is 0 Å². The van der Waals surface area contributed by atoms with E-state index in [1.54, 1.807) is 0 Å². The molecule has 0 saturated heterocycles. The predicted octanol–water partition coefficient (Wildman–Crippen LogP) is 3.75. The minimum absolute atomic E-state index is 0.0677. The first-order chi connectivity index (χ1) is 9.74. The third kappa shape index (κ3) is 12.2. The minimum Gasteiger partial charge on any atom is -0.351 e. The molecule has 0 unspecified atom stereocenters. The highest BCUT2D eigenvalue weighted by Gasteiger charge is 2.05. The number of nitrogens with one attached hydrogen (secondary N) is 1. The Bertz CT molecular complexity index is 229. The van der Waals surface area contributed by atoms with Gasteiger partial charge in [-0.3, -0.25) is 4.79 Å². The Morgan fingerprint density at radius 2 is 1.50 bits per heavy atom. The second-order valence-corrected chi connectivity index (χ2v) is 5.46. The summed E-state index contributed by atoms with van der Waals surface area (Å²) in [4.78, 5) is 13.6. The predicted molar refractivity (Wildman–Crippen MR) is 87.9 cm³/mol. The standard InChI is InChI=1S/C17H34N2O/c1-4-7-9-11-14-19(15-12-10-8-5-2)16-13-18-17(20)6-3/h6H,3-5,7-16H2,1-2H3,(H,18,20). The highest BCUT2D eigenvalue weighted by molar-refractivity contribution is 5.86. The molecule has 118 valence electrons. The second kappa shape index (κ2) is 14.6. The van der Waals surface area contributed by atoms with Gasteiger partial charge in [0.05, 0.1) is 0 Å². The van der Waals surface area contributed by atoms with Crippen molar-refractivity contribution in [2.45, 2.75) is 65.2 Å². The molecule has 1 N–H and O–H groups in total. The molecular weight excluding hydrogens is 248 g/mol. The van der Waals surface area contributed by atoms with Crippen LogP contribution in [0.25, 0.3) is 0 Å². The zero-order valence-corrected chi connectivity index (χ0v) is 13.6. The molecule has 0 aromatic carbocycles. The first kappa shape index (κ1) is 19.2. The van der Waals surface area contributed by atoms with E-state index in [0.29, 0.717) is 0 Å². The van der Waals surface area contributed by atoms with E-state index < -0.39 is 0 Å². The summed E-state index contributed by atoms with van der Waals surface area (Å²) in [5, 5.41) is 2.87. The molecule has 0 aliphatic rings. The maximum atomic E-state index is 11.1. The molecule has 0 heterocycles. The van der Waals surface area contributed by atoms with Gasteiger partial charge in [0, 0.05) is 13.1 Å². The van der Waals surface area contributed by atoms with Gasteiger partial charge >= 0.3 is 0 Å². The molecule has 0 aliphatic heterocycles. The number of nitrogens with zero attached hydrogens (tertiary/aromatic N) is 1. The van der Waals surface area contributed by atoms with Crippen molar-refractivity contribution in [1.82, 2.24) is 10.2 Å². The zero-order chi connectivity index (χ0) is 15.1. The van der Waals surface area contributed by atoms with E-state index in [9.17, 15) is 4.79 Å². The van der Waals surface area contributed by atoms with Gasteiger partial charge in [-0.15, -0.1) is 0 Å². The van der Waals surface area contributed by atoms with Gasteiger partial charge in [-0.05, 0) is 32.0 Å². The van der Waals surface area contributed by atoms with Crippen molar-refractivity contribution in [2.75, 3.05) is 26.2 Å². The zero-order valence-electron chi connectivity index (χ0n) is 13.6. The monoisotopic (exact) mass is 282 g/mol. The number of hydrogen-bond acceptors (Lipinski definition) is 2. The average molecular weight is 282 g/mol. The molecule has 3 nitrogen and oxygen atoms in total. The minimum atomic E-state index is -0.0677. The second-order valence-electron chi connectivity index (χ2n) is 5.46. The topological polar surface area (TPSA) is 32.3 Å². The molecular formula is C17H34N2O. The van der Waals surface area contributed by atoms with Crippen molar-refractivity contribution in [3.8, 4) is 0 Å². The van der Waals surface area contributed by atoms with Crippen molar-refractivity contribution in [1.29, 1.82) is 0 Å². The Morgan fingerprint density at radius 1 is 0.950 bits per heavy atom. The lowest BCUT2D eigenvalue weighted by atomic mass is 10.1. The lowest BCUT2D eigenvalue weighted by Gasteiger charge is -2.22. The summed E-state index contributed by atoms with van der Waals surface area (Å²) in [7, 11) is 0. The Balaban J connectivity index is 3.84. The Kier molecular flexibility index (Phi) is 14.0. The number of unbranched alkanes of at least 4 members (excludes halogenated alkanes) is 6. The summed E-state index contributed by atoms with van der Waals surface area (Å²) in [6, 6.07) is 0. The van der Waals surface area contributed by atoms with Crippen molar-refractivity contribution >= 4 is 5.91 Å². The quantitative estimate of drug-likeness (QED) is 0.389. The third-order valence-corrected chi connectivity index (χ3v) is 3.57. The van der Waals surface area contributed by atoms with E-state index in [1.807, 2.05) is 0 Å². The summed E-state index contributed by atoms with van der Waals surface area (Å²) in [5.74, 6) is -0.0677. The van der Waals surface area contributed by atoms with Gasteiger partial charge in [-0.25, -0.2) is 0 Å². The van der Waals surface area contributed by atoms with Gasteiger partial charge in [-0.1, -0.05) is 59.0 Å². The smallest absolute Gasteiger partial charge is 0.243 e. The van der Waals surface area contributed by atoms with Crippen LogP contribution in [0.1, 0.15) is 65.2 Å². The molecule has 0 aromatic heterocycles. The maximum Gasteiger partial charge on any atom is 0.243 e. The van der Waals surface area contributed by atoms with Crippen LogP contribution in [0.5, 0.6) is 0 Å². The van der Waals surface area contributed by atoms with Crippen molar-refractivity contribution < 1.29 is 4.79 Å². The summed E-state index contributed by atoms with van der Waals surface area (Å²) in [5.41, 5.74) is 0. The molecule has 0 aliphatic carbocycles. The van der Waals surface area contributed by atoms with E-state index in [-0.39, 0.29) is 5.91 Å². The highest BCUT2D eigenvalue weighted by Crippen LogP contribution is 2.05. The molecule has 20 heavy (non-hydrogen) atoms. The van der Waals surface area contributed by atoms with E-state index in [4.69, 9.17) is 0 Å². The number of rotatable bonds is 14. The first-order valence-corrected chi connectivity index (χ1v) is 8.37. The van der Waals surface area contributed by atoms with Gasteiger partial charge in [0.25, 0.3) is 0 Å². The van der Waals surface area contributed by atoms with Crippen LogP contribution in [-0.4, -0.2) is 37.0 Å². The molecule has 0 aromatic rings. The molecule has 0 spiro atoms. The molecule has 0 atom stereocenters. The molecule has 0 bridgehead atoms. The third-order valence-electron chi connectivity index (χ3n) is 3.57. The van der Waals surface area contributed by atoms with Crippen LogP contribution in [0.15, 0.2) is 12.7 Å². The summed E-state index contributed by atoms with van der Waals surface area (Å²) >= 11 is 0. The Hall–Kier alpha value is -0.830. The van der Waals surface area contributed by atoms with E-state index in [0.717, 1.165) is 26.2 Å².